The number of nitriles is 1. The van der Waals surface area contributed by atoms with E-state index in [9.17, 15) is 4.79 Å². The Morgan fingerprint density at radius 2 is 2.30 bits per heavy atom. The van der Waals surface area contributed by atoms with Crippen molar-refractivity contribution in [2.45, 2.75) is 45.2 Å². The minimum atomic E-state index is -0.0514. The first kappa shape index (κ1) is 13.1. The van der Waals surface area contributed by atoms with Crippen molar-refractivity contribution in [1.29, 1.82) is 5.26 Å². The highest BCUT2D eigenvalue weighted by atomic mass is 32.1. The van der Waals surface area contributed by atoms with Crippen LogP contribution in [0.15, 0.2) is 10.2 Å². The highest BCUT2D eigenvalue weighted by molar-refractivity contribution is 7.17. The monoisotopic (exact) mass is 288 g/mol. The molecule has 1 N–H and O–H groups in total. The van der Waals surface area contributed by atoms with Crippen molar-refractivity contribution in [3.63, 3.8) is 0 Å². The van der Waals surface area contributed by atoms with E-state index in [1.54, 1.807) is 9.95 Å². The largest absolute Gasteiger partial charge is 0.353 e. The normalized spacial score (nSPS) is 15.6. The second kappa shape index (κ2) is 5.25. The highest BCUT2D eigenvalue weighted by Crippen LogP contribution is 2.25. The van der Waals surface area contributed by atoms with Crippen LogP contribution in [0.1, 0.15) is 38.2 Å². The number of hydrogen-bond acceptors (Lipinski definition) is 5. The van der Waals surface area contributed by atoms with Crippen LogP contribution in [-0.4, -0.2) is 15.6 Å². The fourth-order valence-electron chi connectivity index (χ4n) is 2.74. The summed E-state index contributed by atoms with van der Waals surface area (Å²) in [5.41, 5.74) is 0.969. The van der Waals surface area contributed by atoms with E-state index < -0.39 is 0 Å². The van der Waals surface area contributed by atoms with Crippen LogP contribution in [0, 0.1) is 11.3 Å². The van der Waals surface area contributed by atoms with E-state index in [1.165, 1.54) is 24.2 Å². The lowest BCUT2D eigenvalue weighted by Gasteiger charge is -2.16. The van der Waals surface area contributed by atoms with Gasteiger partial charge in [-0.05, 0) is 19.8 Å². The molecule has 2 aromatic heterocycles. The molecule has 104 valence electrons. The Kier molecular flexibility index (Phi) is 3.45. The molecule has 0 saturated heterocycles. The Hall–Kier alpha value is -1.87. The summed E-state index contributed by atoms with van der Waals surface area (Å²) in [5, 5.41) is 14.2. The molecule has 0 spiro atoms. The molecular formula is C14H16N4OS. The van der Waals surface area contributed by atoms with Gasteiger partial charge in [0.1, 0.15) is 16.3 Å². The van der Waals surface area contributed by atoms with Gasteiger partial charge < -0.3 is 5.32 Å². The van der Waals surface area contributed by atoms with Crippen LogP contribution in [-0.2, 0) is 6.54 Å². The van der Waals surface area contributed by atoms with Gasteiger partial charge in [0.2, 0.25) is 5.95 Å². The summed E-state index contributed by atoms with van der Waals surface area (Å²) in [4.78, 5) is 17.0. The fourth-order valence-corrected chi connectivity index (χ4v) is 3.61. The molecule has 1 saturated carbocycles. The lowest BCUT2D eigenvalue weighted by atomic mass is 10.2. The van der Waals surface area contributed by atoms with Crippen LogP contribution in [0.3, 0.4) is 0 Å². The summed E-state index contributed by atoms with van der Waals surface area (Å²) >= 11 is 1.30. The van der Waals surface area contributed by atoms with Crippen molar-refractivity contribution in [2.75, 3.05) is 5.32 Å². The van der Waals surface area contributed by atoms with Crippen LogP contribution in [0.4, 0.5) is 5.95 Å². The molecule has 0 aromatic carbocycles. The third-order valence-corrected chi connectivity index (χ3v) is 4.76. The Morgan fingerprint density at radius 3 is 2.95 bits per heavy atom. The number of anilines is 1. The van der Waals surface area contributed by atoms with Gasteiger partial charge >= 0.3 is 0 Å². The van der Waals surface area contributed by atoms with Gasteiger partial charge in [-0.1, -0.05) is 12.8 Å². The summed E-state index contributed by atoms with van der Waals surface area (Å²) in [6.07, 6.45) is 4.68. The number of nitrogens with one attached hydrogen (secondary N) is 1. The molecule has 3 rings (SSSR count). The predicted octanol–water partition coefficient (Wildman–Crippen LogP) is 2.70. The quantitative estimate of drug-likeness (QED) is 0.942. The number of rotatable bonds is 3. The van der Waals surface area contributed by atoms with Gasteiger partial charge in [0, 0.05) is 18.0 Å². The standard InChI is InChI=1S/C14H16N4OS/c1-2-18-13(19)12-11(9(7-15)8-20-12)17-14(18)16-10-5-3-4-6-10/h8,10H,2-6H2,1H3,(H,16,17). The molecule has 0 bridgehead atoms. The molecule has 20 heavy (non-hydrogen) atoms. The summed E-state index contributed by atoms with van der Waals surface area (Å²) in [6.45, 7) is 2.52. The molecule has 1 aliphatic rings. The maximum absolute atomic E-state index is 12.5. The van der Waals surface area contributed by atoms with E-state index in [4.69, 9.17) is 5.26 Å². The number of aromatic nitrogens is 2. The zero-order valence-corrected chi connectivity index (χ0v) is 12.2. The molecule has 0 unspecified atom stereocenters. The van der Waals surface area contributed by atoms with Crippen molar-refractivity contribution < 1.29 is 0 Å². The first-order valence-corrected chi connectivity index (χ1v) is 7.81. The molecule has 2 aromatic rings. The van der Waals surface area contributed by atoms with Gasteiger partial charge in [0.05, 0.1) is 5.56 Å². The summed E-state index contributed by atoms with van der Waals surface area (Å²) in [7, 11) is 0. The minimum absolute atomic E-state index is 0.0514. The highest BCUT2D eigenvalue weighted by Gasteiger charge is 2.19. The lowest BCUT2D eigenvalue weighted by Crippen LogP contribution is -2.27. The van der Waals surface area contributed by atoms with E-state index in [-0.39, 0.29) is 5.56 Å². The van der Waals surface area contributed by atoms with Gasteiger partial charge in [-0.3, -0.25) is 9.36 Å². The van der Waals surface area contributed by atoms with Crippen LogP contribution in [0.25, 0.3) is 10.2 Å². The second-order valence-electron chi connectivity index (χ2n) is 5.05. The Morgan fingerprint density at radius 1 is 1.55 bits per heavy atom. The Balaban J connectivity index is 2.13. The van der Waals surface area contributed by atoms with Crippen molar-refractivity contribution in [2.24, 2.45) is 0 Å². The summed E-state index contributed by atoms with van der Waals surface area (Å²) < 4.78 is 2.23. The molecule has 0 aliphatic heterocycles. The fraction of sp³-hybridized carbons (Fsp3) is 0.500. The summed E-state index contributed by atoms with van der Waals surface area (Å²) in [6, 6.07) is 2.50. The molecule has 1 aliphatic carbocycles. The Labute approximate surface area is 120 Å². The molecule has 1 fully saturated rings. The van der Waals surface area contributed by atoms with Crippen LogP contribution in [0.2, 0.25) is 0 Å². The van der Waals surface area contributed by atoms with Gasteiger partial charge in [-0.2, -0.15) is 5.26 Å². The molecule has 6 heteroatoms. The first-order chi connectivity index (χ1) is 9.74. The molecule has 0 atom stereocenters. The minimum Gasteiger partial charge on any atom is -0.353 e. The predicted molar refractivity (Wildman–Crippen MR) is 80.1 cm³/mol. The lowest BCUT2D eigenvalue weighted by molar-refractivity contribution is 0.683. The van der Waals surface area contributed by atoms with Gasteiger partial charge in [0.15, 0.2) is 0 Å². The van der Waals surface area contributed by atoms with E-state index in [0.717, 1.165) is 12.8 Å². The van der Waals surface area contributed by atoms with Gasteiger partial charge in [-0.15, -0.1) is 11.3 Å². The topological polar surface area (TPSA) is 70.7 Å². The van der Waals surface area contributed by atoms with E-state index >= 15 is 0 Å². The van der Waals surface area contributed by atoms with Crippen molar-refractivity contribution in [3.8, 4) is 6.07 Å². The van der Waals surface area contributed by atoms with Gasteiger partial charge in [-0.25, -0.2) is 4.98 Å². The SMILES string of the molecule is CCn1c(NC2CCCC2)nc2c(C#N)csc2c1=O. The molecule has 0 radical (unpaired) electrons. The van der Waals surface area contributed by atoms with E-state index in [2.05, 4.69) is 16.4 Å². The second-order valence-corrected chi connectivity index (χ2v) is 5.93. The van der Waals surface area contributed by atoms with Crippen LogP contribution in [0.5, 0.6) is 0 Å². The third-order valence-electron chi connectivity index (χ3n) is 3.80. The van der Waals surface area contributed by atoms with Crippen molar-refractivity contribution in [1.82, 2.24) is 9.55 Å². The summed E-state index contributed by atoms with van der Waals surface area (Å²) in [5.74, 6) is 0.604. The maximum Gasteiger partial charge on any atom is 0.272 e. The maximum atomic E-state index is 12.5. The third kappa shape index (κ3) is 2.08. The number of fused-ring (bicyclic) bond motifs is 1. The zero-order valence-electron chi connectivity index (χ0n) is 11.3. The molecule has 0 amide bonds. The van der Waals surface area contributed by atoms with Crippen molar-refractivity contribution in [3.05, 3.63) is 21.3 Å². The average molecular weight is 288 g/mol. The smallest absolute Gasteiger partial charge is 0.272 e. The number of nitrogens with zero attached hydrogens (tertiary/aromatic N) is 3. The van der Waals surface area contributed by atoms with Crippen molar-refractivity contribution >= 4 is 27.5 Å². The zero-order chi connectivity index (χ0) is 14.1. The molecule has 5 nitrogen and oxygen atoms in total. The van der Waals surface area contributed by atoms with Gasteiger partial charge in [0.25, 0.3) is 5.56 Å². The molecule has 2 heterocycles. The molecular weight excluding hydrogens is 272 g/mol. The average Bonchev–Trinajstić information content (AvgIpc) is 3.08. The Bertz CT molecular complexity index is 734. The van der Waals surface area contributed by atoms with Crippen LogP contribution < -0.4 is 10.9 Å². The number of thiophene rings is 1. The van der Waals surface area contributed by atoms with E-state index in [1.807, 2.05) is 6.92 Å². The first-order valence-electron chi connectivity index (χ1n) is 6.93. The van der Waals surface area contributed by atoms with E-state index in [0.29, 0.717) is 34.3 Å². The number of hydrogen-bond donors (Lipinski definition) is 1. The van der Waals surface area contributed by atoms with Crippen LogP contribution >= 0.6 is 11.3 Å².